The van der Waals surface area contributed by atoms with Gasteiger partial charge in [-0.25, -0.2) is 9.59 Å². The molecule has 0 radical (unpaired) electrons. The average Bonchev–Trinajstić information content (AvgIpc) is 2.72. The van der Waals surface area contributed by atoms with E-state index in [1.54, 1.807) is 20.8 Å². The molecule has 0 spiro atoms. The van der Waals surface area contributed by atoms with Crippen molar-refractivity contribution >= 4 is 34.7 Å². The van der Waals surface area contributed by atoms with Gasteiger partial charge < -0.3 is 9.47 Å². The Morgan fingerprint density at radius 2 is 2.00 bits per heavy atom. The number of carbonyl (C=O) groups excluding carboxylic acids is 2. The fourth-order valence-corrected chi connectivity index (χ4v) is 2.34. The molecule has 1 fully saturated rings. The number of cyclic esters (lactones) is 1. The Kier molecular flexibility index (Phi) is 4.75. The molecule has 0 unspecified atom stereocenters. The van der Waals surface area contributed by atoms with Gasteiger partial charge in [0, 0.05) is 9.99 Å². The van der Waals surface area contributed by atoms with Crippen molar-refractivity contribution in [3.8, 4) is 0 Å². The van der Waals surface area contributed by atoms with Crippen LogP contribution < -0.4 is 0 Å². The molecule has 0 N–H and O–H groups in total. The largest absolute Gasteiger partial charge is 0.444 e. The summed E-state index contributed by atoms with van der Waals surface area (Å²) in [5.41, 5.74) is 0.378. The third kappa shape index (κ3) is 4.33. The minimum absolute atomic E-state index is 0.0528. The molecule has 1 aliphatic rings. The van der Waals surface area contributed by atoms with Crippen LogP contribution in [0.4, 0.5) is 4.79 Å². The smallest absolute Gasteiger partial charge is 0.413 e. The first-order valence-corrected chi connectivity index (χ1v) is 7.75. The lowest BCUT2D eigenvalue weighted by Crippen LogP contribution is -2.42. The molecule has 0 aromatic heterocycles. The molecule has 0 aliphatic carbocycles. The van der Waals surface area contributed by atoms with Crippen LogP contribution in [0, 0.1) is 3.57 Å². The molecular weight excluding hydrogens is 385 g/mol. The predicted molar refractivity (Wildman–Crippen MR) is 85.7 cm³/mol. The van der Waals surface area contributed by atoms with Gasteiger partial charge in [0.2, 0.25) is 0 Å². The summed E-state index contributed by atoms with van der Waals surface area (Å²) in [5.74, 6) is -0.389. The molecule has 6 heteroatoms. The van der Waals surface area contributed by atoms with Gasteiger partial charge in [-0.1, -0.05) is 12.1 Å². The molecule has 0 saturated carbocycles. The molecule has 2 rings (SSSR count). The fourth-order valence-electron chi connectivity index (χ4n) is 1.98. The lowest BCUT2D eigenvalue weighted by atomic mass is 10.1. The van der Waals surface area contributed by atoms with Crippen LogP contribution in [0.25, 0.3) is 0 Å². The van der Waals surface area contributed by atoms with E-state index < -0.39 is 17.7 Å². The number of carbonyl (C=O) groups is 2. The Bertz CT molecular complexity index is 536. The quantitative estimate of drug-likeness (QED) is 0.563. The fraction of sp³-hybridized carbons (Fsp3) is 0.467. The van der Waals surface area contributed by atoms with Crippen molar-refractivity contribution in [3.05, 3.63) is 33.4 Å². The second kappa shape index (κ2) is 6.21. The zero-order valence-electron chi connectivity index (χ0n) is 12.3. The number of esters is 1. The van der Waals surface area contributed by atoms with E-state index in [1.165, 1.54) is 4.90 Å². The van der Waals surface area contributed by atoms with Gasteiger partial charge in [0.25, 0.3) is 0 Å². The Labute approximate surface area is 137 Å². The lowest BCUT2D eigenvalue weighted by Gasteiger charge is -2.25. The standard InChI is InChI=1S/C15H18INO4/c1-15(2,3)21-14(19)17-9-20-13(18)12(17)8-10-4-6-11(16)7-5-10/h4-7,12H,8-9H2,1-3H3/t12-/m0/s1. The topological polar surface area (TPSA) is 55.8 Å². The Morgan fingerprint density at radius 3 is 2.57 bits per heavy atom. The third-order valence-corrected chi connectivity index (χ3v) is 3.68. The number of nitrogens with zero attached hydrogens (tertiary/aromatic N) is 1. The molecule has 1 aromatic carbocycles. The Morgan fingerprint density at radius 1 is 1.38 bits per heavy atom. The summed E-state index contributed by atoms with van der Waals surface area (Å²) in [6, 6.07) is 7.20. The number of rotatable bonds is 2. The van der Waals surface area contributed by atoms with Gasteiger partial charge >= 0.3 is 12.1 Å². The zero-order valence-corrected chi connectivity index (χ0v) is 14.4. The van der Waals surface area contributed by atoms with E-state index in [9.17, 15) is 9.59 Å². The van der Waals surface area contributed by atoms with Gasteiger partial charge in [-0.3, -0.25) is 4.90 Å². The van der Waals surface area contributed by atoms with E-state index in [1.807, 2.05) is 24.3 Å². The third-order valence-electron chi connectivity index (χ3n) is 2.96. The normalized spacial score (nSPS) is 18.6. The maximum absolute atomic E-state index is 12.1. The van der Waals surface area contributed by atoms with E-state index in [0.29, 0.717) is 6.42 Å². The highest BCUT2D eigenvalue weighted by Crippen LogP contribution is 2.20. The van der Waals surface area contributed by atoms with Crippen LogP contribution in [0.15, 0.2) is 24.3 Å². The highest BCUT2D eigenvalue weighted by Gasteiger charge is 2.39. The molecule has 1 amide bonds. The molecule has 5 nitrogen and oxygen atoms in total. The summed E-state index contributed by atoms with van der Waals surface area (Å²) in [6.45, 7) is 5.32. The minimum Gasteiger partial charge on any atom is -0.444 e. The monoisotopic (exact) mass is 403 g/mol. The number of benzene rings is 1. The summed E-state index contributed by atoms with van der Waals surface area (Å²) >= 11 is 2.22. The van der Waals surface area contributed by atoms with Gasteiger partial charge in [-0.15, -0.1) is 0 Å². The van der Waals surface area contributed by atoms with Crippen molar-refractivity contribution in [1.82, 2.24) is 4.90 Å². The lowest BCUT2D eigenvalue weighted by molar-refractivity contribution is -0.139. The van der Waals surface area contributed by atoms with Crippen molar-refractivity contribution in [2.75, 3.05) is 6.73 Å². The first-order chi connectivity index (χ1) is 9.76. The van der Waals surface area contributed by atoms with Crippen LogP contribution in [-0.4, -0.2) is 35.3 Å². The van der Waals surface area contributed by atoms with Crippen LogP contribution in [-0.2, 0) is 20.7 Å². The van der Waals surface area contributed by atoms with Crippen molar-refractivity contribution < 1.29 is 19.1 Å². The molecule has 1 aliphatic heterocycles. The van der Waals surface area contributed by atoms with Gasteiger partial charge in [0.1, 0.15) is 11.6 Å². The maximum atomic E-state index is 12.1. The molecular formula is C15H18INO4. The maximum Gasteiger partial charge on any atom is 0.413 e. The van der Waals surface area contributed by atoms with Crippen molar-refractivity contribution in [2.24, 2.45) is 0 Å². The minimum atomic E-state index is -0.625. The second-order valence-electron chi connectivity index (χ2n) is 5.89. The van der Waals surface area contributed by atoms with Gasteiger partial charge in [-0.05, 0) is 61.1 Å². The molecule has 1 saturated heterocycles. The van der Waals surface area contributed by atoms with Crippen LogP contribution in [0.5, 0.6) is 0 Å². The highest BCUT2D eigenvalue weighted by atomic mass is 127. The second-order valence-corrected chi connectivity index (χ2v) is 7.13. The first kappa shape index (κ1) is 16.1. The van der Waals surface area contributed by atoms with Crippen LogP contribution in [0.1, 0.15) is 26.3 Å². The van der Waals surface area contributed by atoms with E-state index in [0.717, 1.165) is 9.13 Å². The Hall–Kier alpha value is -1.31. The van der Waals surface area contributed by atoms with Crippen LogP contribution >= 0.6 is 22.6 Å². The van der Waals surface area contributed by atoms with Crippen LogP contribution in [0.3, 0.4) is 0 Å². The summed E-state index contributed by atoms with van der Waals surface area (Å²) in [4.78, 5) is 25.3. The summed E-state index contributed by atoms with van der Waals surface area (Å²) < 4.78 is 11.4. The van der Waals surface area contributed by atoms with Gasteiger partial charge in [0.15, 0.2) is 6.73 Å². The molecule has 114 valence electrons. The predicted octanol–water partition coefficient (Wildman–Crippen LogP) is 2.95. The van der Waals surface area contributed by atoms with Gasteiger partial charge in [0.05, 0.1) is 0 Å². The number of hydrogen-bond acceptors (Lipinski definition) is 4. The van der Waals surface area contributed by atoms with Crippen molar-refractivity contribution in [2.45, 2.75) is 38.8 Å². The van der Waals surface area contributed by atoms with Gasteiger partial charge in [-0.2, -0.15) is 0 Å². The van der Waals surface area contributed by atoms with E-state index in [-0.39, 0.29) is 12.7 Å². The molecule has 1 aromatic rings. The van der Waals surface area contributed by atoms with Crippen LogP contribution in [0.2, 0.25) is 0 Å². The summed E-state index contributed by atoms with van der Waals surface area (Å²) in [5, 5.41) is 0. The molecule has 1 heterocycles. The number of halogens is 1. The number of amides is 1. The summed E-state index contributed by atoms with van der Waals surface area (Å²) in [7, 11) is 0. The van der Waals surface area contributed by atoms with Crippen molar-refractivity contribution in [1.29, 1.82) is 0 Å². The number of hydrogen-bond donors (Lipinski definition) is 0. The van der Waals surface area contributed by atoms with E-state index in [2.05, 4.69) is 22.6 Å². The molecule has 1 atom stereocenters. The molecule has 0 bridgehead atoms. The van der Waals surface area contributed by atoms with E-state index in [4.69, 9.17) is 9.47 Å². The molecule has 21 heavy (non-hydrogen) atoms. The highest BCUT2D eigenvalue weighted by molar-refractivity contribution is 14.1. The Balaban J connectivity index is 2.10. The summed E-state index contributed by atoms with van der Waals surface area (Å²) in [6.07, 6.45) is -0.0986. The number of ether oxygens (including phenoxy) is 2. The first-order valence-electron chi connectivity index (χ1n) is 6.67. The average molecular weight is 403 g/mol. The van der Waals surface area contributed by atoms with Crippen molar-refractivity contribution in [3.63, 3.8) is 0 Å². The van der Waals surface area contributed by atoms with E-state index >= 15 is 0 Å². The SMILES string of the molecule is CC(C)(C)OC(=O)N1COC(=O)[C@@H]1Cc1ccc(I)cc1. The zero-order chi connectivity index (χ0) is 15.6.